The minimum atomic E-state index is -0.131. The zero-order valence-corrected chi connectivity index (χ0v) is 13.6. The number of hydrogen-bond acceptors (Lipinski definition) is 4. The molecule has 0 unspecified atom stereocenters. The molecule has 2 rings (SSSR count). The molecule has 0 fully saturated rings. The molecule has 1 heterocycles. The van der Waals surface area contributed by atoms with Crippen molar-refractivity contribution in [3.05, 3.63) is 51.4 Å². The van der Waals surface area contributed by atoms with Gasteiger partial charge in [0.25, 0.3) is 5.56 Å². The lowest BCUT2D eigenvalue weighted by molar-refractivity contribution is 0.703. The van der Waals surface area contributed by atoms with Gasteiger partial charge in [-0.25, -0.2) is 4.68 Å². The lowest BCUT2D eigenvalue weighted by atomic mass is 10.4. The Bertz CT molecular complexity index is 616. The van der Waals surface area contributed by atoms with Crippen LogP contribution in [0.15, 0.2) is 50.7 Å². The van der Waals surface area contributed by atoms with Gasteiger partial charge in [-0.2, -0.15) is 5.10 Å². The van der Waals surface area contributed by atoms with Crippen LogP contribution in [0.4, 0.5) is 5.69 Å². The Morgan fingerprint density at radius 1 is 1.35 bits per heavy atom. The fourth-order valence-corrected chi connectivity index (χ4v) is 3.01. The molecule has 0 aliphatic heterocycles. The maximum atomic E-state index is 11.7. The summed E-state index contributed by atoms with van der Waals surface area (Å²) in [5.41, 5.74) is 0.617. The van der Waals surface area contributed by atoms with Crippen LogP contribution in [-0.4, -0.2) is 22.1 Å². The van der Waals surface area contributed by atoms with Crippen LogP contribution in [0.3, 0.4) is 0 Å². The van der Waals surface area contributed by atoms with Crippen LogP contribution in [0, 0.1) is 0 Å². The summed E-state index contributed by atoms with van der Waals surface area (Å²) < 4.78 is 1.84. The fourth-order valence-electron chi connectivity index (χ4n) is 1.64. The SMILES string of the molecule is Cn1ncc(NCCCSc2ccccc2)c(Br)c1=O. The van der Waals surface area contributed by atoms with Crippen LogP contribution < -0.4 is 10.9 Å². The van der Waals surface area contributed by atoms with Crippen molar-refractivity contribution in [2.45, 2.75) is 11.3 Å². The topological polar surface area (TPSA) is 46.9 Å². The van der Waals surface area contributed by atoms with Gasteiger partial charge in [0.05, 0.1) is 11.9 Å². The summed E-state index contributed by atoms with van der Waals surface area (Å²) >= 11 is 5.13. The van der Waals surface area contributed by atoms with Gasteiger partial charge in [-0.05, 0) is 40.2 Å². The number of aryl methyl sites for hydroxylation is 1. The molecule has 106 valence electrons. The smallest absolute Gasteiger partial charge is 0.282 e. The first-order chi connectivity index (χ1) is 9.68. The molecule has 1 aromatic heterocycles. The molecule has 0 saturated heterocycles. The molecular formula is C14H16BrN3OS. The molecule has 0 spiro atoms. The monoisotopic (exact) mass is 353 g/mol. The highest BCUT2D eigenvalue weighted by atomic mass is 79.9. The number of benzene rings is 1. The highest BCUT2D eigenvalue weighted by Crippen LogP contribution is 2.19. The van der Waals surface area contributed by atoms with Crippen molar-refractivity contribution in [2.24, 2.45) is 7.05 Å². The van der Waals surface area contributed by atoms with Gasteiger partial charge in [-0.3, -0.25) is 4.79 Å². The van der Waals surface area contributed by atoms with E-state index in [1.54, 1.807) is 13.2 Å². The van der Waals surface area contributed by atoms with Crippen LogP contribution in [0.25, 0.3) is 0 Å². The third-order valence-electron chi connectivity index (χ3n) is 2.73. The molecule has 0 bridgehead atoms. The number of anilines is 1. The molecule has 0 amide bonds. The van der Waals surface area contributed by atoms with E-state index in [0.29, 0.717) is 4.47 Å². The highest BCUT2D eigenvalue weighted by Gasteiger charge is 2.05. The summed E-state index contributed by atoms with van der Waals surface area (Å²) in [6.07, 6.45) is 2.68. The highest BCUT2D eigenvalue weighted by molar-refractivity contribution is 9.10. The molecular weight excluding hydrogens is 338 g/mol. The van der Waals surface area contributed by atoms with Crippen molar-refractivity contribution in [2.75, 3.05) is 17.6 Å². The largest absolute Gasteiger partial charge is 0.383 e. The molecule has 0 radical (unpaired) electrons. The van der Waals surface area contributed by atoms with Crippen molar-refractivity contribution >= 4 is 33.4 Å². The lowest BCUT2D eigenvalue weighted by Crippen LogP contribution is -2.21. The molecule has 0 atom stereocenters. The van der Waals surface area contributed by atoms with Crippen LogP contribution >= 0.6 is 27.7 Å². The van der Waals surface area contributed by atoms with E-state index in [1.807, 2.05) is 30.0 Å². The molecule has 0 aliphatic rings. The van der Waals surface area contributed by atoms with Gasteiger partial charge in [0, 0.05) is 18.5 Å². The van der Waals surface area contributed by atoms with E-state index < -0.39 is 0 Å². The normalized spacial score (nSPS) is 10.5. The van der Waals surface area contributed by atoms with Crippen LogP contribution in [0.2, 0.25) is 0 Å². The molecule has 1 N–H and O–H groups in total. The number of nitrogens with zero attached hydrogens (tertiary/aromatic N) is 2. The van der Waals surface area contributed by atoms with E-state index in [4.69, 9.17) is 0 Å². The number of thioether (sulfide) groups is 1. The number of rotatable bonds is 6. The number of halogens is 1. The third kappa shape index (κ3) is 4.11. The molecule has 4 nitrogen and oxygen atoms in total. The minimum absolute atomic E-state index is 0.131. The number of hydrogen-bond donors (Lipinski definition) is 1. The summed E-state index contributed by atoms with van der Waals surface area (Å²) in [5.74, 6) is 1.03. The zero-order valence-electron chi connectivity index (χ0n) is 11.2. The van der Waals surface area contributed by atoms with E-state index in [2.05, 4.69) is 38.5 Å². The second kappa shape index (κ2) is 7.50. The standard InChI is InChI=1S/C14H16BrN3OS/c1-18-14(19)13(15)12(10-17-18)16-8-5-9-20-11-6-3-2-4-7-11/h2-4,6-7,10,16H,5,8-9H2,1H3. The van der Waals surface area contributed by atoms with Crippen molar-refractivity contribution in [3.8, 4) is 0 Å². The van der Waals surface area contributed by atoms with Crippen molar-refractivity contribution < 1.29 is 0 Å². The Morgan fingerprint density at radius 2 is 2.10 bits per heavy atom. The van der Waals surface area contributed by atoms with Gasteiger partial charge >= 0.3 is 0 Å². The number of nitrogens with one attached hydrogen (secondary N) is 1. The van der Waals surface area contributed by atoms with Crippen molar-refractivity contribution in [1.29, 1.82) is 0 Å². The first kappa shape index (κ1) is 15.1. The van der Waals surface area contributed by atoms with Gasteiger partial charge in [0.1, 0.15) is 4.47 Å². The Kier molecular flexibility index (Phi) is 5.67. The maximum absolute atomic E-state index is 11.7. The Morgan fingerprint density at radius 3 is 2.85 bits per heavy atom. The summed E-state index contributed by atoms with van der Waals surface area (Å²) in [7, 11) is 1.63. The Labute approximate surface area is 130 Å². The third-order valence-corrected chi connectivity index (χ3v) is 4.59. The fraction of sp³-hybridized carbons (Fsp3) is 0.286. The average molecular weight is 354 g/mol. The van der Waals surface area contributed by atoms with Crippen LogP contribution in [-0.2, 0) is 7.05 Å². The van der Waals surface area contributed by atoms with E-state index in [1.165, 1.54) is 9.58 Å². The van der Waals surface area contributed by atoms with Crippen molar-refractivity contribution in [3.63, 3.8) is 0 Å². The average Bonchev–Trinajstić information content (AvgIpc) is 2.48. The lowest BCUT2D eigenvalue weighted by Gasteiger charge is -2.08. The van der Waals surface area contributed by atoms with Crippen LogP contribution in [0.1, 0.15) is 6.42 Å². The molecule has 0 saturated carbocycles. The molecule has 20 heavy (non-hydrogen) atoms. The summed E-state index contributed by atoms with van der Waals surface area (Å²) in [6, 6.07) is 10.3. The van der Waals surface area contributed by atoms with E-state index in [9.17, 15) is 4.79 Å². The van der Waals surface area contributed by atoms with Crippen molar-refractivity contribution in [1.82, 2.24) is 9.78 Å². The van der Waals surface area contributed by atoms with Gasteiger partial charge in [0.2, 0.25) is 0 Å². The second-order valence-corrected chi connectivity index (χ2v) is 6.20. The quantitative estimate of drug-likeness (QED) is 0.640. The second-order valence-electron chi connectivity index (χ2n) is 4.24. The van der Waals surface area contributed by atoms with E-state index >= 15 is 0 Å². The first-order valence-electron chi connectivity index (χ1n) is 6.32. The maximum Gasteiger partial charge on any atom is 0.282 e. The molecule has 2 aromatic rings. The van der Waals surface area contributed by atoms with Gasteiger partial charge < -0.3 is 5.32 Å². The summed E-state index contributed by atoms with van der Waals surface area (Å²) in [4.78, 5) is 13.0. The van der Waals surface area contributed by atoms with Gasteiger partial charge in [0.15, 0.2) is 0 Å². The summed E-state index contributed by atoms with van der Waals surface area (Å²) in [5, 5.41) is 7.22. The molecule has 0 aliphatic carbocycles. The minimum Gasteiger partial charge on any atom is -0.383 e. The zero-order chi connectivity index (χ0) is 14.4. The van der Waals surface area contributed by atoms with Gasteiger partial charge in [-0.15, -0.1) is 11.8 Å². The molecule has 6 heteroatoms. The van der Waals surface area contributed by atoms with Gasteiger partial charge in [-0.1, -0.05) is 18.2 Å². The predicted octanol–water partition coefficient (Wildman–Crippen LogP) is 3.14. The predicted molar refractivity (Wildman–Crippen MR) is 87.5 cm³/mol. The van der Waals surface area contributed by atoms with Crippen LogP contribution in [0.5, 0.6) is 0 Å². The van der Waals surface area contributed by atoms with E-state index in [-0.39, 0.29) is 5.56 Å². The Balaban J connectivity index is 1.77. The molecule has 1 aromatic carbocycles. The Hall–Kier alpha value is -1.27. The summed E-state index contributed by atoms with van der Waals surface area (Å²) in [6.45, 7) is 0.813. The number of aromatic nitrogens is 2. The first-order valence-corrected chi connectivity index (χ1v) is 8.10. The van der Waals surface area contributed by atoms with E-state index in [0.717, 1.165) is 24.4 Å².